The predicted octanol–water partition coefficient (Wildman–Crippen LogP) is -10.5. The van der Waals surface area contributed by atoms with Gasteiger partial charge in [-0.1, -0.05) is 55.4 Å². The van der Waals surface area contributed by atoms with Crippen LogP contribution in [0, 0.1) is 29.1 Å². The van der Waals surface area contributed by atoms with Gasteiger partial charge < -0.3 is 107 Å². The second-order valence-electron chi connectivity index (χ2n) is 40.5. The van der Waals surface area contributed by atoms with E-state index in [4.69, 9.17) is 0 Å². The minimum atomic E-state index is -1.90. The van der Waals surface area contributed by atoms with Crippen LogP contribution in [0.25, 0.3) is 0 Å². The highest BCUT2D eigenvalue weighted by Crippen LogP contribution is 2.18. The molecule has 850 valence electrons. The van der Waals surface area contributed by atoms with Gasteiger partial charge in [-0.25, -0.2) is 0 Å². The number of carbonyl (C=O) groups excluding carboxylic acids is 8. The first-order chi connectivity index (χ1) is 70.1. The van der Waals surface area contributed by atoms with Crippen molar-refractivity contribution >= 4 is 113 Å². The van der Waals surface area contributed by atoms with Crippen molar-refractivity contribution < 1.29 is 157 Å². The second kappa shape index (κ2) is 69.6. The van der Waals surface area contributed by atoms with E-state index in [-0.39, 0.29) is 266 Å². The van der Waals surface area contributed by atoms with Crippen LogP contribution in [0.3, 0.4) is 0 Å². The number of carbonyl (C=O) groups is 19. The van der Waals surface area contributed by atoms with E-state index in [0.29, 0.717) is 0 Å². The van der Waals surface area contributed by atoms with Gasteiger partial charge in [0, 0.05) is 274 Å². The molecule has 17 N–H and O–H groups in total. The van der Waals surface area contributed by atoms with Crippen LogP contribution in [0.1, 0.15) is 55.4 Å². The van der Waals surface area contributed by atoms with Gasteiger partial charge in [-0.15, -0.1) is 0 Å². The molecule has 149 heavy (non-hydrogen) atoms. The van der Waals surface area contributed by atoms with Crippen LogP contribution in [0.15, 0.2) is 0 Å². The molecule has 4 heterocycles. The number of amides is 8. The van der Waals surface area contributed by atoms with E-state index in [2.05, 4.69) is 21.3 Å². The molecule has 4 saturated heterocycles. The summed E-state index contributed by atoms with van der Waals surface area (Å²) >= 11 is 0. The number of β-amino-alcohol motifs (C(OH)–C–C–N with tert-alkyl or cyclic N) is 2. The summed E-state index contributed by atoms with van der Waals surface area (Å²) in [7, 11) is 0. The lowest BCUT2D eigenvalue weighted by molar-refractivity contribution is -0.141. The molecule has 4 aliphatic heterocycles. The molecule has 0 aliphatic carbocycles. The molecule has 0 aromatic heterocycles. The molecule has 4 fully saturated rings. The van der Waals surface area contributed by atoms with Gasteiger partial charge in [-0.2, -0.15) is 0 Å². The molecule has 0 unspecified atom stereocenters. The molecule has 8 amide bonds. The summed E-state index contributed by atoms with van der Waals surface area (Å²) < 4.78 is 0. The van der Waals surface area contributed by atoms with E-state index in [9.17, 15) is 119 Å². The van der Waals surface area contributed by atoms with Crippen LogP contribution >= 0.6 is 0 Å². The Kier molecular flexibility index (Phi) is 61.0. The van der Waals surface area contributed by atoms with E-state index in [0.717, 1.165) is 0 Å². The van der Waals surface area contributed by atoms with Gasteiger partial charge >= 0.3 is 65.7 Å². The summed E-state index contributed by atoms with van der Waals surface area (Å²) in [6, 6.07) is 0. The van der Waals surface area contributed by atoms with Crippen LogP contribution in [-0.2, 0) is 91.1 Å². The number of carboxylic acid groups (broad SMARTS) is 11. The number of nitrogens with zero attached hydrogens (tertiary/aromatic N) is 20. The number of hydrogen-bond acceptors (Lipinski definition) is 37. The fraction of sp³-hybridized carbons (Fsp3) is 0.796. The van der Waals surface area contributed by atoms with E-state index >= 15 is 38.4 Å². The molecule has 0 radical (unpaired) electrons. The van der Waals surface area contributed by atoms with E-state index in [1.165, 1.54) is 19.6 Å². The summed E-state index contributed by atoms with van der Waals surface area (Å²) in [5.74, 6) is -20.5. The normalized spacial score (nSPS) is 18.0. The van der Waals surface area contributed by atoms with Crippen LogP contribution in [-0.4, -0.2) is 676 Å². The maximum atomic E-state index is 15.3. The number of aliphatic carboxylic acids is 11. The van der Waals surface area contributed by atoms with Crippen LogP contribution < -0.4 is 21.3 Å². The Morgan fingerprint density at radius 2 is 0.315 bits per heavy atom. The molecule has 0 aromatic rings. The Balaban J connectivity index is 1.99. The van der Waals surface area contributed by atoms with Crippen molar-refractivity contribution in [3.63, 3.8) is 0 Å². The molecular weight excluding hydrogens is 1970 g/mol. The van der Waals surface area contributed by atoms with Gasteiger partial charge in [0.1, 0.15) is 0 Å². The summed E-state index contributed by atoms with van der Waals surface area (Å²) in [5, 5.41) is 141. The predicted molar refractivity (Wildman–Crippen MR) is 535 cm³/mol. The topological polar surface area (TPSA) is 700 Å². The molecule has 0 aromatic carbocycles. The zero-order valence-electron chi connectivity index (χ0n) is 87.8. The average molecular weight is 2130 g/mol. The zero-order valence-corrected chi connectivity index (χ0v) is 87.8. The van der Waals surface area contributed by atoms with Gasteiger partial charge in [0.2, 0.25) is 47.3 Å². The molecule has 56 nitrogen and oxygen atoms in total. The van der Waals surface area contributed by atoms with Crippen LogP contribution in [0.5, 0.6) is 0 Å². The minimum Gasteiger partial charge on any atom is -0.480 e. The van der Waals surface area contributed by atoms with Crippen molar-refractivity contribution in [3.8, 4) is 0 Å². The Morgan fingerprint density at radius 1 is 0.201 bits per heavy atom. The maximum absolute atomic E-state index is 15.3. The number of aliphatic hydroxyl groups excluding tert-OH is 1. The first-order valence-electron chi connectivity index (χ1n) is 50.7. The summed E-state index contributed by atoms with van der Waals surface area (Å²) in [6.45, 7) is 2.94. The molecule has 0 bridgehead atoms. The first-order valence-corrected chi connectivity index (χ1v) is 50.7. The van der Waals surface area contributed by atoms with Crippen molar-refractivity contribution in [1.82, 2.24) is 119 Å². The summed E-state index contributed by atoms with van der Waals surface area (Å²) in [4.78, 5) is 287. The third-order valence-corrected chi connectivity index (χ3v) is 25.3. The lowest BCUT2D eigenvalue weighted by atomic mass is 9.86. The summed E-state index contributed by atoms with van der Waals surface area (Å²) in [5.41, 5.74) is -1.90. The van der Waals surface area contributed by atoms with E-state index < -0.39 is 275 Å². The van der Waals surface area contributed by atoms with E-state index in [1.54, 1.807) is 134 Å². The average Bonchev–Trinajstić information content (AvgIpc) is 0.859. The van der Waals surface area contributed by atoms with Crippen LogP contribution in [0.2, 0.25) is 0 Å². The molecular formula is C93H166N24O32. The standard InChI is InChI=1S/C93H166N24O32/c1-69(2)41-114(77(122)49-98-9-17-102(53-81(126)127)25-33-110(61-89(142)143)34-26-103(18-10-98)54-82(128)129)45-73(118)94-65-93(66-95-74(119)46-115(42-70(3)4)78(123)50-99-11-19-104(55-83(130)131)27-35-111(62-90(144)145)36-28-105(20-12-99)56-84(132)133,67-96-75(120)47-116(43-71(5)6)79(124)51-100-13-21-106(57-85(134)135)29-37-112(63-91(146)147)38-30-107(22-14-100)58-86(136)137)68-97-76(121)48-117(44-72(7)8)80(125)52-101-15-23-108(59-87(138)139)31-39-113(64-92(148)149)40-32-109(24-16-101)60-88(140)141/h69-72,89,142-143H,9-68H2,1-8H3,(H,94,118)(H,95,119)(H,96,120)(H,97,121)(H,126,127)(H,128,129)(H,130,131)(H,132,133)(H,134,135)(H,136,137)(H,138,139)(H,140,141)(H,144,145)(H,146,147)(H,148,149). The second-order valence-corrected chi connectivity index (χ2v) is 40.5. The van der Waals surface area contributed by atoms with Crippen molar-refractivity contribution in [1.29, 1.82) is 0 Å². The largest absolute Gasteiger partial charge is 0.480 e. The SMILES string of the molecule is CC(C)CN(CC(=O)NCC(CNC(=O)CN(CC(C)C)C(=O)CN1CCN(CC(=O)O)CCN(CC(=O)O)CCN(CC(=O)O)CC1)(CNC(=O)CN(CC(C)C)C(=O)CN1CCN(CC(=O)O)CCN(CC(=O)O)CCN(CC(=O)O)CC1)CNC(=O)CN(CC(C)C)C(=O)CN1CCN(CC(=O)O)CCN(CC(O)O)CCN(CC(=O)O)CC1)C(=O)CN1CCN(CC(=O)O)CCN(CC(=O)O)CCN(CC(=O)O)CC1. The Morgan fingerprint density at radius 3 is 0.423 bits per heavy atom. The van der Waals surface area contributed by atoms with Gasteiger partial charge in [-0.05, 0) is 23.7 Å². The number of rotatable bonds is 56. The minimum absolute atomic E-state index is 0.00896. The van der Waals surface area contributed by atoms with Gasteiger partial charge in [0.25, 0.3) is 0 Å². The van der Waals surface area contributed by atoms with Crippen molar-refractivity contribution in [2.75, 3.05) is 393 Å². The highest BCUT2D eigenvalue weighted by Gasteiger charge is 2.38. The molecule has 0 atom stereocenters. The van der Waals surface area contributed by atoms with E-state index in [1.807, 2.05) is 0 Å². The molecule has 4 aliphatic rings. The van der Waals surface area contributed by atoms with Gasteiger partial charge in [0.05, 0.1) is 124 Å². The number of hydrogen-bond donors (Lipinski definition) is 17. The Hall–Kier alpha value is -10.8. The Labute approximate surface area is 869 Å². The zero-order chi connectivity index (χ0) is 111. The van der Waals surface area contributed by atoms with Crippen molar-refractivity contribution in [2.24, 2.45) is 29.1 Å². The highest BCUT2D eigenvalue weighted by molar-refractivity contribution is 5.89. The van der Waals surface area contributed by atoms with Gasteiger partial charge in [0.15, 0.2) is 6.29 Å². The molecule has 0 saturated carbocycles. The van der Waals surface area contributed by atoms with Crippen molar-refractivity contribution in [2.45, 2.75) is 61.7 Å². The number of carboxylic acids is 11. The van der Waals surface area contributed by atoms with Crippen molar-refractivity contribution in [3.05, 3.63) is 0 Å². The monoisotopic (exact) mass is 2130 g/mol. The number of nitrogens with one attached hydrogen (secondary N) is 4. The maximum Gasteiger partial charge on any atom is 0.317 e. The van der Waals surface area contributed by atoms with Gasteiger partial charge in [-0.3, -0.25) is 169 Å². The fourth-order valence-electron chi connectivity index (χ4n) is 17.6. The molecule has 56 heteroatoms. The summed E-state index contributed by atoms with van der Waals surface area (Å²) in [6.07, 6.45) is -1.78. The lowest BCUT2D eigenvalue weighted by Crippen LogP contribution is -2.59. The third-order valence-electron chi connectivity index (χ3n) is 25.3. The van der Waals surface area contributed by atoms with Crippen LogP contribution in [0.4, 0.5) is 0 Å². The third kappa shape index (κ3) is 59.6. The lowest BCUT2D eigenvalue weighted by Gasteiger charge is -2.37. The smallest absolute Gasteiger partial charge is 0.317 e. The molecule has 0 spiro atoms. The number of aliphatic hydroxyl groups is 2. The highest BCUT2D eigenvalue weighted by atomic mass is 16.5. The fourth-order valence-corrected chi connectivity index (χ4v) is 17.6. The quantitative estimate of drug-likeness (QED) is 0.0251. The Bertz CT molecular complexity index is 3810. The molecule has 4 rings (SSSR count). The first kappa shape index (κ1) is 130.